The molecule has 2 aromatic rings. The van der Waals surface area contributed by atoms with Gasteiger partial charge >= 0.3 is 0 Å². The summed E-state index contributed by atoms with van der Waals surface area (Å²) in [5, 5.41) is 0. The highest BCUT2D eigenvalue weighted by molar-refractivity contribution is 6.17. The van der Waals surface area contributed by atoms with Gasteiger partial charge in [-0.05, 0) is 31.0 Å². The van der Waals surface area contributed by atoms with Crippen LogP contribution in [0.5, 0.6) is 0 Å². The van der Waals surface area contributed by atoms with Crippen molar-refractivity contribution in [1.29, 1.82) is 0 Å². The molecular weight excluding hydrogens is 208 g/mol. The lowest BCUT2D eigenvalue weighted by Crippen LogP contribution is -1.98. The van der Waals surface area contributed by atoms with Gasteiger partial charge in [0.1, 0.15) is 5.82 Å². The third-order valence-electron chi connectivity index (χ3n) is 2.66. The maximum Gasteiger partial charge on any atom is 0.109 e. The van der Waals surface area contributed by atoms with E-state index in [1.165, 1.54) is 11.1 Å². The van der Waals surface area contributed by atoms with E-state index in [0.717, 1.165) is 24.2 Å². The van der Waals surface area contributed by atoms with Crippen LogP contribution in [0.25, 0.3) is 11.0 Å². The first-order chi connectivity index (χ1) is 7.22. The minimum Gasteiger partial charge on any atom is -0.331 e. The average molecular weight is 223 g/mol. The van der Waals surface area contributed by atoms with Gasteiger partial charge in [0.05, 0.1) is 11.0 Å². The molecule has 0 N–H and O–H groups in total. The second-order valence-electron chi connectivity index (χ2n) is 3.87. The fourth-order valence-corrected chi connectivity index (χ4v) is 1.94. The Kier molecular flexibility index (Phi) is 2.96. The Morgan fingerprint density at radius 1 is 1.40 bits per heavy atom. The summed E-state index contributed by atoms with van der Waals surface area (Å²) in [7, 11) is 2.06. The molecule has 0 amide bonds. The number of rotatable bonds is 3. The van der Waals surface area contributed by atoms with Gasteiger partial charge in [-0.2, -0.15) is 0 Å². The smallest absolute Gasteiger partial charge is 0.109 e. The van der Waals surface area contributed by atoms with Gasteiger partial charge in [0.25, 0.3) is 0 Å². The van der Waals surface area contributed by atoms with Crippen LogP contribution in [0.15, 0.2) is 18.2 Å². The molecule has 1 aromatic carbocycles. The maximum atomic E-state index is 5.69. The van der Waals surface area contributed by atoms with Crippen molar-refractivity contribution in [1.82, 2.24) is 9.55 Å². The molecule has 2 rings (SSSR count). The lowest BCUT2D eigenvalue weighted by atomic mass is 10.2. The zero-order chi connectivity index (χ0) is 10.8. The fourth-order valence-electron chi connectivity index (χ4n) is 1.81. The molecular formula is C12H15ClN2. The van der Waals surface area contributed by atoms with Crippen LogP contribution in [0.1, 0.15) is 17.8 Å². The molecule has 0 atom stereocenters. The van der Waals surface area contributed by atoms with Crippen LogP contribution in [0.2, 0.25) is 0 Å². The van der Waals surface area contributed by atoms with Crippen LogP contribution in [-0.2, 0) is 13.5 Å². The van der Waals surface area contributed by atoms with Gasteiger partial charge in [0.2, 0.25) is 0 Å². The van der Waals surface area contributed by atoms with E-state index in [1.807, 2.05) is 0 Å². The van der Waals surface area contributed by atoms with E-state index in [2.05, 4.69) is 41.7 Å². The van der Waals surface area contributed by atoms with Crippen LogP contribution in [-0.4, -0.2) is 15.4 Å². The summed E-state index contributed by atoms with van der Waals surface area (Å²) in [5.41, 5.74) is 3.54. The van der Waals surface area contributed by atoms with E-state index in [-0.39, 0.29) is 0 Å². The molecule has 0 spiro atoms. The van der Waals surface area contributed by atoms with Gasteiger partial charge in [-0.3, -0.25) is 0 Å². The lowest BCUT2D eigenvalue weighted by molar-refractivity contribution is 0.775. The average Bonchev–Trinajstić information content (AvgIpc) is 2.52. The summed E-state index contributed by atoms with van der Waals surface area (Å²) in [6.45, 7) is 2.09. The summed E-state index contributed by atoms with van der Waals surface area (Å²) < 4.78 is 2.15. The van der Waals surface area contributed by atoms with Gasteiger partial charge in [0.15, 0.2) is 0 Å². The predicted molar refractivity (Wildman–Crippen MR) is 64.5 cm³/mol. The Morgan fingerprint density at radius 2 is 2.20 bits per heavy atom. The van der Waals surface area contributed by atoms with Crippen molar-refractivity contribution in [3.8, 4) is 0 Å². The predicted octanol–water partition coefficient (Wildman–Crippen LogP) is 3.05. The first-order valence-electron chi connectivity index (χ1n) is 5.20. The normalized spacial score (nSPS) is 11.1. The van der Waals surface area contributed by atoms with Crippen molar-refractivity contribution in [2.24, 2.45) is 7.05 Å². The number of fused-ring (bicyclic) bond motifs is 1. The minimum atomic E-state index is 0.697. The monoisotopic (exact) mass is 222 g/mol. The highest BCUT2D eigenvalue weighted by Gasteiger charge is 2.06. The molecule has 0 fully saturated rings. The van der Waals surface area contributed by atoms with Crippen molar-refractivity contribution in [3.05, 3.63) is 29.6 Å². The van der Waals surface area contributed by atoms with Crippen molar-refractivity contribution < 1.29 is 0 Å². The number of benzene rings is 1. The second-order valence-corrected chi connectivity index (χ2v) is 4.25. The number of hydrogen-bond acceptors (Lipinski definition) is 1. The lowest BCUT2D eigenvalue weighted by Gasteiger charge is -2.00. The van der Waals surface area contributed by atoms with E-state index in [0.29, 0.717) is 5.88 Å². The molecule has 0 aliphatic carbocycles. The number of imidazole rings is 1. The first-order valence-corrected chi connectivity index (χ1v) is 5.74. The molecule has 0 saturated heterocycles. The topological polar surface area (TPSA) is 17.8 Å². The Balaban J connectivity index is 2.44. The van der Waals surface area contributed by atoms with Gasteiger partial charge in [-0.25, -0.2) is 4.98 Å². The fraction of sp³-hybridized carbons (Fsp3) is 0.417. The Hall–Kier alpha value is -1.02. The number of aryl methyl sites for hydroxylation is 3. The maximum absolute atomic E-state index is 5.69. The second kappa shape index (κ2) is 4.23. The van der Waals surface area contributed by atoms with E-state index < -0.39 is 0 Å². The molecule has 3 heteroatoms. The van der Waals surface area contributed by atoms with Crippen LogP contribution < -0.4 is 0 Å². The van der Waals surface area contributed by atoms with Gasteiger partial charge in [-0.1, -0.05) is 6.07 Å². The van der Waals surface area contributed by atoms with Gasteiger partial charge in [0, 0.05) is 19.3 Å². The third-order valence-corrected chi connectivity index (χ3v) is 2.93. The van der Waals surface area contributed by atoms with Crippen molar-refractivity contribution in [3.63, 3.8) is 0 Å². The van der Waals surface area contributed by atoms with Crippen LogP contribution in [0.3, 0.4) is 0 Å². The zero-order valence-corrected chi connectivity index (χ0v) is 9.88. The Bertz CT molecular complexity index is 474. The number of nitrogens with zero attached hydrogens (tertiary/aromatic N) is 2. The number of halogens is 1. The Morgan fingerprint density at radius 3 is 2.93 bits per heavy atom. The zero-order valence-electron chi connectivity index (χ0n) is 9.13. The highest BCUT2D eigenvalue weighted by Crippen LogP contribution is 2.17. The molecule has 0 aliphatic rings. The van der Waals surface area contributed by atoms with Gasteiger partial charge in [-0.15, -0.1) is 11.6 Å². The van der Waals surface area contributed by atoms with E-state index in [1.54, 1.807) is 0 Å². The summed E-state index contributed by atoms with van der Waals surface area (Å²) in [5.74, 6) is 1.82. The molecule has 2 nitrogen and oxygen atoms in total. The summed E-state index contributed by atoms with van der Waals surface area (Å²) in [6, 6.07) is 6.37. The standard InChI is InChI=1S/C12H15ClN2/c1-9-5-6-11-10(8-9)14-12(15(11)2)4-3-7-13/h5-6,8H,3-4,7H2,1-2H3. The first kappa shape index (κ1) is 10.5. The largest absolute Gasteiger partial charge is 0.331 e. The number of alkyl halides is 1. The van der Waals surface area contributed by atoms with Crippen molar-refractivity contribution >= 4 is 22.6 Å². The molecule has 1 heterocycles. The van der Waals surface area contributed by atoms with Crippen molar-refractivity contribution in [2.45, 2.75) is 19.8 Å². The minimum absolute atomic E-state index is 0.697. The van der Waals surface area contributed by atoms with E-state index >= 15 is 0 Å². The summed E-state index contributed by atoms with van der Waals surface area (Å²) >= 11 is 5.69. The quantitative estimate of drug-likeness (QED) is 0.730. The van der Waals surface area contributed by atoms with Crippen LogP contribution >= 0.6 is 11.6 Å². The van der Waals surface area contributed by atoms with Crippen molar-refractivity contribution in [2.75, 3.05) is 5.88 Å². The molecule has 0 bridgehead atoms. The highest BCUT2D eigenvalue weighted by atomic mass is 35.5. The Labute approximate surface area is 94.9 Å². The summed E-state index contributed by atoms with van der Waals surface area (Å²) in [4.78, 5) is 4.61. The molecule has 15 heavy (non-hydrogen) atoms. The van der Waals surface area contributed by atoms with Crippen LogP contribution in [0, 0.1) is 6.92 Å². The molecule has 80 valence electrons. The van der Waals surface area contributed by atoms with Gasteiger partial charge < -0.3 is 4.57 Å². The SMILES string of the molecule is Cc1ccc2c(c1)nc(CCCCl)n2C. The molecule has 1 aromatic heterocycles. The number of aromatic nitrogens is 2. The van der Waals surface area contributed by atoms with E-state index in [9.17, 15) is 0 Å². The van der Waals surface area contributed by atoms with Crippen LogP contribution in [0.4, 0.5) is 0 Å². The van der Waals surface area contributed by atoms with E-state index in [4.69, 9.17) is 11.6 Å². The summed E-state index contributed by atoms with van der Waals surface area (Å²) in [6.07, 6.45) is 1.94. The molecule has 0 aliphatic heterocycles. The molecule has 0 saturated carbocycles. The third kappa shape index (κ3) is 2.00. The number of hydrogen-bond donors (Lipinski definition) is 0. The molecule has 0 radical (unpaired) electrons. The molecule has 0 unspecified atom stereocenters.